The lowest BCUT2D eigenvalue weighted by molar-refractivity contribution is 0.745. The first-order valence-electron chi connectivity index (χ1n) is 7.64. The smallest absolute Gasteiger partial charge is 0.0462 e. The van der Waals surface area contributed by atoms with E-state index in [4.69, 9.17) is 0 Å². The van der Waals surface area contributed by atoms with Gasteiger partial charge in [0.15, 0.2) is 0 Å². The fourth-order valence-electron chi connectivity index (χ4n) is 3.06. The summed E-state index contributed by atoms with van der Waals surface area (Å²) in [4.78, 5) is 3.60. The van der Waals surface area contributed by atoms with Crippen molar-refractivity contribution in [1.29, 1.82) is 0 Å². The van der Waals surface area contributed by atoms with Crippen molar-refractivity contribution in [3.8, 4) is 0 Å². The molecule has 0 aliphatic heterocycles. The minimum absolute atomic E-state index is 1.11. The molecule has 0 fully saturated rings. The molecule has 0 saturated carbocycles. The van der Waals surface area contributed by atoms with Gasteiger partial charge in [0, 0.05) is 22.2 Å². The summed E-state index contributed by atoms with van der Waals surface area (Å²) in [6.07, 6.45) is 9.87. The van der Waals surface area contributed by atoms with E-state index in [1.54, 1.807) is 5.57 Å². The Morgan fingerprint density at radius 3 is 2.84 bits per heavy atom. The van der Waals surface area contributed by atoms with Gasteiger partial charge in [0.1, 0.15) is 0 Å². The number of aromatic nitrogens is 1. The Hall–Kier alpha value is -1.50. The first-order chi connectivity index (χ1) is 9.31. The van der Waals surface area contributed by atoms with Crippen molar-refractivity contribution in [2.45, 2.75) is 52.4 Å². The normalized spacial score (nSPS) is 14.5. The largest absolute Gasteiger partial charge is 0.358 e. The maximum atomic E-state index is 3.60. The van der Waals surface area contributed by atoms with E-state index < -0.39 is 0 Å². The van der Waals surface area contributed by atoms with Crippen molar-refractivity contribution >= 4 is 17.0 Å². The molecule has 3 rings (SSSR count). The number of benzene rings is 1. The van der Waals surface area contributed by atoms with Gasteiger partial charge in [-0.1, -0.05) is 38.0 Å². The zero-order chi connectivity index (χ0) is 13.2. The SMILES string of the molecule is CCCCC1=Cc2c([nH]c3ccc(CC)cc23)CC1. The van der Waals surface area contributed by atoms with Crippen LogP contribution in [0.3, 0.4) is 0 Å². The summed E-state index contributed by atoms with van der Waals surface area (Å²) in [7, 11) is 0. The molecular formula is C18H23N. The second kappa shape index (κ2) is 5.24. The van der Waals surface area contributed by atoms with E-state index >= 15 is 0 Å². The van der Waals surface area contributed by atoms with Crippen molar-refractivity contribution < 1.29 is 0 Å². The van der Waals surface area contributed by atoms with Crippen LogP contribution in [0.1, 0.15) is 56.4 Å². The molecule has 1 N–H and O–H groups in total. The minimum atomic E-state index is 1.11. The number of hydrogen-bond acceptors (Lipinski definition) is 0. The highest BCUT2D eigenvalue weighted by Gasteiger charge is 2.15. The molecule has 0 atom stereocenters. The summed E-state index contributed by atoms with van der Waals surface area (Å²) in [5.74, 6) is 0. The van der Waals surface area contributed by atoms with Gasteiger partial charge in [-0.25, -0.2) is 0 Å². The van der Waals surface area contributed by atoms with E-state index in [1.165, 1.54) is 59.8 Å². The Balaban J connectivity index is 2.04. The molecule has 1 nitrogen and oxygen atoms in total. The molecule has 0 radical (unpaired) electrons. The first kappa shape index (κ1) is 12.5. The van der Waals surface area contributed by atoms with E-state index in [-0.39, 0.29) is 0 Å². The molecular weight excluding hydrogens is 230 g/mol. The highest BCUT2D eigenvalue weighted by molar-refractivity contribution is 5.92. The van der Waals surface area contributed by atoms with Gasteiger partial charge in [0.25, 0.3) is 0 Å². The van der Waals surface area contributed by atoms with Crippen LogP contribution in [0, 0.1) is 0 Å². The Bertz CT molecular complexity index is 616. The van der Waals surface area contributed by atoms with Crippen molar-refractivity contribution in [2.75, 3.05) is 0 Å². The zero-order valence-corrected chi connectivity index (χ0v) is 12.1. The molecule has 1 aliphatic rings. The van der Waals surface area contributed by atoms with Gasteiger partial charge in [-0.3, -0.25) is 0 Å². The highest BCUT2D eigenvalue weighted by Crippen LogP contribution is 2.32. The van der Waals surface area contributed by atoms with Gasteiger partial charge in [-0.2, -0.15) is 0 Å². The van der Waals surface area contributed by atoms with E-state index in [9.17, 15) is 0 Å². The molecule has 1 aromatic carbocycles. The number of fused-ring (bicyclic) bond motifs is 3. The summed E-state index contributed by atoms with van der Waals surface area (Å²) < 4.78 is 0. The lowest BCUT2D eigenvalue weighted by Crippen LogP contribution is -1.98. The van der Waals surface area contributed by atoms with Crippen LogP contribution in [0.5, 0.6) is 0 Å². The van der Waals surface area contributed by atoms with E-state index in [0.717, 1.165) is 6.42 Å². The lowest BCUT2D eigenvalue weighted by atomic mass is 9.92. The molecule has 100 valence electrons. The molecule has 1 aromatic heterocycles. The Labute approximate surface area is 115 Å². The van der Waals surface area contributed by atoms with Gasteiger partial charge in [0.2, 0.25) is 0 Å². The number of hydrogen-bond donors (Lipinski definition) is 1. The second-order valence-corrected chi connectivity index (χ2v) is 5.66. The molecule has 1 aliphatic carbocycles. The van der Waals surface area contributed by atoms with Gasteiger partial charge in [-0.15, -0.1) is 0 Å². The average Bonchev–Trinajstić information content (AvgIpc) is 2.82. The summed E-state index contributed by atoms with van der Waals surface area (Å²) >= 11 is 0. The standard InChI is InChI=1S/C18H23N/c1-3-5-6-14-8-10-18-16(12-14)15-11-13(4-2)7-9-17(15)19-18/h7,9,11-12,19H,3-6,8,10H2,1-2H3. The third-order valence-electron chi connectivity index (χ3n) is 4.29. The van der Waals surface area contributed by atoms with Gasteiger partial charge < -0.3 is 4.98 Å². The monoisotopic (exact) mass is 253 g/mol. The van der Waals surface area contributed by atoms with E-state index in [1.807, 2.05) is 0 Å². The van der Waals surface area contributed by atoms with Crippen LogP contribution in [0.2, 0.25) is 0 Å². The Morgan fingerprint density at radius 1 is 1.16 bits per heavy atom. The van der Waals surface area contributed by atoms with Crippen molar-refractivity contribution in [2.24, 2.45) is 0 Å². The van der Waals surface area contributed by atoms with Crippen LogP contribution in [0.4, 0.5) is 0 Å². The molecule has 0 unspecified atom stereocenters. The van der Waals surface area contributed by atoms with Crippen molar-refractivity contribution in [3.05, 3.63) is 40.6 Å². The number of allylic oxidation sites excluding steroid dienone is 1. The minimum Gasteiger partial charge on any atom is -0.358 e. The van der Waals surface area contributed by atoms with Crippen LogP contribution < -0.4 is 0 Å². The maximum absolute atomic E-state index is 3.60. The number of nitrogens with one attached hydrogen (secondary N) is 1. The predicted molar refractivity (Wildman–Crippen MR) is 83.5 cm³/mol. The first-order valence-corrected chi connectivity index (χ1v) is 7.64. The van der Waals surface area contributed by atoms with Crippen LogP contribution in [0.15, 0.2) is 23.8 Å². The topological polar surface area (TPSA) is 15.8 Å². The van der Waals surface area contributed by atoms with E-state index in [2.05, 4.69) is 43.1 Å². The fourth-order valence-corrected chi connectivity index (χ4v) is 3.06. The average molecular weight is 253 g/mol. The fraction of sp³-hybridized carbons (Fsp3) is 0.444. The second-order valence-electron chi connectivity index (χ2n) is 5.66. The van der Waals surface area contributed by atoms with Crippen LogP contribution in [0.25, 0.3) is 17.0 Å². The maximum Gasteiger partial charge on any atom is 0.0462 e. The van der Waals surface area contributed by atoms with Crippen LogP contribution in [-0.4, -0.2) is 4.98 Å². The van der Waals surface area contributed by atoms with Gasteiger partial charge >= 0.3 is 0 Å². The molecule has 19 heavy (non-hydrogen) atoms. The summed E-state index contributed by atoms with van der Waals surface area (Å²) in [5.41, 5.74) is 7.27. The predicted octanol–water partition coefficient (Wildman–Crippen LogP) is 5.25. The van der Waals surface area contributed by atoms with Gasteiger partial charge in [-0.05, 0) is 49.8 Å². The quantitative estimate of drug-likeness (QED) is 0.766. The van der Waals surface area contributed by atoms with Crippen molar-refractivity contribution in [1.82, 2.24) is 4.98 Å². The number of aryl methyl sites for hydroxylation is 2. The third-order valence-corrected chi connectivity index (χ3v) is 4.29. The van der Waals surface area contributed by atoms with E-state index in [0.29, 0.717) is 0 Å². The zero-order valence-electron chi connectivity index (χ0n) is 12.1. The number of rotatable bonds is 4. The Kier molecular flexibility index (Phi) is 3.46. The molecule has 0 bridgehead atoms. The Morgan fingerprint density at radius 2 is 2.05 bits per heavy atom. The van der Waals surface area contributed by atoms with Crippen LogP contribution >= 0.6 is 0 Å². The molecule has 2 aromatic rings. The molecule has 0 amide bonds. The highest BCUT2D eigenvalue weighted by atomic mass is 14.7. The molecule has 1 heterocycles. The number of H-pyrrole nitrogens is 1. The van der Waals surface area contributed by atoms with Gasteiger partial charge in [0.05, 0.1) is 0 Å². The summed E-state index contributed by atoms with van der Waals surface area (Å²) in [6.45, 7) is 4.50. The summed E-state index contributed by atoms with van der Waals surface area (Å²) in [5, 5.41) is 1.42. The number of aromatic amines is 1. The lowest BCUT2D eigenvalue weighted by Gasteiger charge is -2.13. The van der Waals surface area contributed by atoms with Crippen LogP contribution in [-0.2, 0) is 12.8 Å². The third kappa shape index (κ3) is 2.34. The molecule has 1 heteroatoms. The molecule has 0 saturated heterocycles. The van der Waals surface area contributed by atoms with Crippen molar-refractivity contribution in [3.63, 3.8) is 0 Å². The molecule has 0 spiro atoms. The number of unbranched alkanes of at least 4 members (excludes halogenated alkanes) is 1. The summed E-state index contributed by atoms with van der Waals surface area (Å²) in [6, 6.07) is 6.85.